The zero-order valence-corrected chi connectivity index (χ0v) is 11.0. The van der Waals surface area contributed by atoms with Gasteiger partial charge in [-0.3, -0.25) is 0 Å². The number of benzene rings is 1. The van der Waals surface area contributed by atoms with E-state index >= 15 is 0 Å². The van der Waals surface area contributed by atoms with Gasteiger partial charge in [0.25, 0.3) is 0 Å². The fourth-order valence-electron chi connectivity index (χ4n) is 2.26. The molecule has 1 aromatic carbocycles. The van der Waals surface area contributed by atoms with Gasteiger partial charge < -0.3 is 10.1 Å². The van der Waals surface area contributed by atoms with Gasteiger partial charge in [0.2, 0.25) is 5.88 Å². The van der Waals surface area contributed by atoms with Crippen LogP contribution in [0.25, 0.3) is 10.8 Å². The maximum Gasteiger partial charge on any atom is 0.221 e. The first-order valence-electron chi connectivity index (χ1n) is 6.14. The SMILES string of the molecule is Cl.c1ccc2c(OC3CCNCC3)nccc2c1. The standard InChI is InChI=1S/C14H16N2O.ClH/c1-2-4-13-11(3-1)5-10-16-14(13)17-12-6-8-15-9-7-12;/h1-5,10,12,15H,6-9H2;1H. The molecule has 1 aliphatic heterocycles. The Bertz CT molecular complexity index is 507. The normalized spacial score (nSPS) is 16.2. The maximum atomic E-state index is 6.02. The number of piperidine rings is 1. The first-order chi connectivity index (χ1) is 8.43. The summed E-state index contributed by atoms with van der Waals surface area (Å²) >= 11 is 0. The average molecular weight is 265 g/mol. The van der Waals surface area contributed by atoms with Crippen LogP contribution >= 0.6 is 12.4 Å². The molecule has 0 spiro atoms. The molecule has 0 radical (unpaired) electrons. The molecule has 1 aromatic heterocycles. The smallest absolute Gasteiger partial charge is 0.221 e. The number of hydrogen-bond donors (Lipinski definition) is 1. The lowest BCUT2D eigenvalue weighted by molar-refractivity contribution is 0.158. The lowest BCUT2D eigenvalue weighted by Gasteiger charge is -2.23. The number of aromatic nitrogens is 1. The van der Waals surface area contributed by atoms with E-state index in [4.69, 9.17) is 4.74 Å². The highest BCUT2D eigenvalue weighted by atomic mass is 35.5. The Hall–Kier alpha value is -1.32. The number of nitrogens with zero attached hydrogens (tertiary/aromatic N) is 1. The summed E-state index contributed by atoms with van der Waals surface area (Å²) in [5.74, 6) is 0.773. The monoisotopic (exact) mass is 264 g/mol. The minimum absolute atomic E-state index is 0. The Balaban J connectivity index is 0.00000120. The van der Waals surface area contributed by atoms with Crippen LogP contribution in [0.4, 0.5) is 0 Å². The van der Waals surface area contributed by atoms with Crippen molar-refractivity contribution in [3.05, 3.63) is 36.5 Å². The van der Waals surface area contributed by atoms with Gasteiger partial charge >= 0.3 is 0 Å². The Morgan fingerprint density at radius 1 is 1.11 bits per heavy atom. The lowest BCUT2D eigenvalue weighted by atomic mass is 10.1. The van der Waals surface area contributed by atoms with Crippen molar-refractivity contribution in [2.24, 2.45) is 0 Å². The van der Waals surface area contributed by atoms with Gasteiger partial charge in [-0.05, 0) is 43.5 Å². The number of fused-ring (bicyclic) bond motifs is 1. The van der Waals surface area contributed by atoms with Crippen LogP contribution in [0.2, 0.25) is 0 Å². The van der Waals surface area contributed by atoms with Crippen molar-refractivity contribution in [1.82, 2.24) is 10.3 Å². The van der Waals surface area contributed by atoms with Crippen molar-refractivity contribution < 1.29 is 4.74 Å². The van der Waals surface area contributed by atoms with Crippen molar-refractivity contribution in [1.29, 1.82) is 0 Å². The summed E-state index contributed by atoms with van der Waals surface area (Å²) in [6.45, 7) is 2.07. The molecule has 96 valence electrons. The molecule has 0 bridgehead atoms. The second-order valence-corrected chi connectivity index (χ2v) is 4.40. The zero-order valence-electron chi connectivity index (χ0n) is 10.1. The molecule has 1 N–H and O–H groups in total. The minimum atomic E-state index is 0. The van der Waals surface area contributed by atoms with Crippen LogP contribution < -0.4 is 10.1 Å². The molecule has 0 saturated carbocycles. The van der Waals surface area contributed by atoms with E-state index in [0.717, 1.165) is 37.2 Å². The highest BCUT2D eigenvalue weighted by Crippen LogP contribution is 2.24. The van der Waals surface area contributed by atoms with Crippen LogP contribution in [0.15, 0.2) is 36.5 Å². The van der Waals surface area contributed by atoms with Gasteiger partial charge in [0.05, 0.1) is 0 Å². The predicted octanol–water partition coefficient (Wildman–Crippen LogP) is 2.79. The first kappa shape index (κ1) is 13.1. The van der Waals surface area contributed by atoms with Crippen LogP contribution in [0.3, 0.4) is 0 Å². The van der Waals surface area contributed by atoms with E-state index < -0.39 is 0 Å². The maximum absolute atomic E-state index is 6.02. The second kappa shape index (κ2) is 6.03. The fraction of sp³-hybridized carbons (Fsp3) is 0.357. The Kier molecular flexibility index (Phi) is 4.39. The first-order valence-corrected chi connectivity index (χ1v) is 6.14. The lowest BCUT2D eigenvalue weighted by Crippen LogP contribution is -2.34. The molecule has 2 aromatic rings. The minimum Gasteiger partial charge on any atom is -0.474 e. The topological polar surface area (TPSA) is 34.1 Å². The quantitative estimate of drug-likeness (QED) is 0.906. The predicted molar refractivity (Wildman–Crippen MR) is 75.5 cm³/mol. The van der Waals surface area contributed by atoms with E-state index in [-0.39, 0.29) is 12.4 Å². The summed E-state index contributed by atoms with van der Waals surface area (Å²) < 4.78 is 6.02. The van der Waals surface area contributed by atoms with E-state index in [1.54, 1.807) is 0 Å². The molecule has 0 amide bonds. The van der Waals surface area contributed by atoms with E-state index in [9.17, 15) is 0 Å². The molecule has 1 saturated heterocycles. The molecule has 3 rings (SSSR count). The molecule has 3 nitrogen and oxygen atoms in total. The summed E-state index contributed by atoms with van der Waals surface area (Å²) in [6.07, 6.45) is 4.24. The third-order valence-electron chi connectivity index (χ3n) is 3.20. The number of nitrogens with one attached hydrogen (secondary N) is 1. The zero-order chi connectivity index (χ0) is 11.5. The van der Waals surface area contributed by atoms with Crippen molar-refractivity contribution in [3.8, 4) is 5.88 Å². The average Bonchev–Trinajstić information content (AvgIpc) is 2.40. The van der Waals surface area contributed by atoms with E-state index in [0.29, 0.717) is 6.10 Å². The van der Waals surface area contributed by atoms with E-state index in [1.807, 2.05) is 24.4 Å². The van der Waals surface area contributed by atoms with Crippen LogP contribution in [-0.4, -0.2) is 24.2 Å². The Morgan fingerprint density at radius 3 is 2.72 bits per heavy atom. The highest BCUT2D eigenvalue weighted by Gasteiger charge is 2.15. The summed E-state index contributed by atoms with van der Waals surface area (Å²) in [5, 5.41) is 5.63. The van der Waals surface area contributed by atoms with E-state index in [2.05, 4.69) is 22.4 Å². The molecule has 18 heavy (non-hydrogen) atoms. The van der Waals surface area contributed by atoms with Crippen molar-refractivity contribution in [2.45, 2.75) is 18.9 Å². The molecule has 4 heteroatoms. The Labute approximate surface area is 113 Å². The van der Waals surface area contributed by atoms with E-state index in [1.165, 1.54) is 5.39 Å². The van der Waals surface area contributed by atoms with Crippen molar-refractivity contribution in [2.75, 3.05) is 13.1 Å². The van der Waals surface area contributed by atoms with Gasteiger partial charge in [0.1, 0.15) is 6.10 Å². The highest BCUT2D eigenvalue weighted by molar-refractivity contribution is 5.86. The number of ether oxygens (including phenoxy) is 1. The number of hydrogen-bond acceptors (Lipinski definition) is 3. The third kappa shape index (κ3) is 2.74. The molecular formula is C14H17ClN2O. The summed E-state index contributed by atoms with van der Waals surface area (Å²) in [6, 6.07) is 10.2. The van der Waals surface area contributed by atoms with Gasteiger partial charge in [0.15, 0.2) is 0 Å². The fourth-order valence-corrected chi connectivity index (χ4v) is 2.26. The van der Waals surface area contributed by atoms with Gasteiger partial charge in [-0.25, -0.2) is 4.98 Å². The summed E-state index contributed by atoms with van der Waals surface area (Å²) in [5.41, 5.74) is 0. The van der Waals surface area contributed by atoms with Crippen LogP contribution in [-0.2, 0) is 0 Å². The van der Waals surface area contributed by atoms with Gasteiger partial charge in [-0.15, -0.1) is 12.4 Å². The Morgan fingerprint density at radius 2 is 1.89 bits per heavy atom. The molecule has 0 unspecified atom stereocenters. The number of pyridine rings is 1. The molecule has 2 heterocycles. The third-order valence-corrected chi connectivity index (χ3v) is 3.20. The largest absolute Gasteiger partial charge is 0.474 e. The molecule has 1 fully saturated rings. The number of halogens is 1. The molecular weight excluding hydrogens is 248 g/mol. The van der Waals surface area contributed by atoms with Crippen molar-refractivity contribution >= 4 is 23.2 Å². The molecule has 1 aliphatic rings. The van der Waals surface area contributed by atoms with Crippen LogP contribution in [0, 0.1) is 0 Å². The van der Waals surface area contributed by atoms with Crippen LogP contribution in [0.1, 0.15) is 12.8 Å². The molecule has 0 atom stereocenters. The number of rotatable bonds is 2. The van der Waals surface area contributed by atoms with Gasteiger partial charge in [-0.2, -0.15) is 0 Å². The molecule has 0 aliphatic carbocycles. The van der Waals surface area contributed by atoms with Crippen molar-refractivity contribution in [3.63, 3.8) is 0 Å². The summed E-state index contributed by atoms with van der Waals surface area (Å²) in [4.78, 5) is 4.36. The summed E-state index contributed by atoms with van der Waals surface area (Å²) in [7, 11) is 0. The second-order valence-electron chi connectivity index (χ2n) is 4.40. The van der Waals surface area contributed by atoms with Gasteiger partial charge in [0, 0.05) is 11.6 Å². The van der Waals surface area contributed by atoms with Gasteiger partial charge in [-0.1, -0.05) is 18.2 Å². The van der Waals surface area contributed by atoms with Crippen LogP contribution in [0.5, 0.6) is 5.88 Å².